The lowest BCUT2D eigenvalue weighted by atomic mass is 10.1. The number of amides is 2. The second-order valence-corrected chi connectivity index (χ2v) is 9.24. The molecule has 1 aromatic heterocycles. The smallest absolute Gasteiger partial charge is 0.253 e. The van der Waals surface area contributed by atoms with Crippen molar-refractivity contribution in [3.63, 3.8) is 0 Å². The molecule has 0 saturated heterocycles. The second-order valence-electron chi connectivity index (χ2n) is 6.39. The summed E-state index contributed by atoms with van der Waals surface area (Å²) in [6.45, 7) is 6.08. The Labute approximate surface area is 174 Å². The van der Waals surface area contributed by atoms with Crippen LogP contribution in [-0.4, -0.2) is 29.9 Å². The molecule has 146 valence electrons. The van der Waals surface area contributed by atoms with Crippen LogP contribution in [-0.2, 0) is 4.79 Å². The van der Waals surface area contributed by atoms with E-state index in [-0.39, 0.29) is 17.9 Å². The van der Waals surface area contributed by atoms with E-state index in [1.165, 1.54) is 9.75 Å². The number of halogens is 1. The van der Waals surface area contributed by atoms with Crippen LogP contribution in [0.3, 0.4) is 0 Å². The minimum absolute atomic E-state index is 0.114. The van der Waals surface area contributed by atoms with E-state index in [9.17, 15) is 9.59 Å². The zero-order valence-electron chi connectivity index (χ0n) is 16.0. The summed E-state index contributed by atoms with van der Waals surface area (Å²) < 4.78 is 0. The van der Waals surface area contributed by atoms with E-state index in [2.05, 4.69) is 30.5 Å². The van der Waals surface area contributed by atoms with Gasteiger partial charge in [0.15, 0.2) is 0 Å². The maximum atomic E-state index is 12.8. The summed E-state index contributed by atoms with van der Waals surface area (Å²) in [5.41, 5.74) is 1.49. The Morgan fingerprint density at radius 2 is 1.93 bits per heavy atom. The van der Waals surface area contributed by atoms with E-state index in [0.29, 0.717) is 17.0 Å². The fourth-order valence-corrected chi connectivity index (χ4v) is 4.57. The molecule has 2 N–H and O–H groups in total. The number of carbonyl (C=O) groups is 2. The topological polar surface area (TPSA) is 58.2 Å². The molecule has 0 bridgehead atoms. The maximum absolute atomic E-state index is 12.8. The molecule has 0 aliphatic carbocycles. The average molecular weight is 425 g/mol. The molecule has 2 aromatic rings. The second kappa shape index (κ2) is 10.2. The first-order valence-electron chi connectivity index (χ1n) is 8.75. The molecule has 1 aromatic carbocycles. The monoisotopic (exact) mass is 424 g/mol. The molecule has 0 aliphatic heterocycles. The maximum Gasteiger partial charge on any atom is 0.253 e. The van der Waals surface area contributed by atoms with Crippen molar-refractivity contribution < 1.29 is 9.59 Å². The van der Waals surface area contributed by atoms with E-state index in [1.54, 1.807) is 47.4 Å². The van der Waals surface area contributed by atoms with E-state index >= 15 is 0 Å². The SMILES string of the molecule is CSCC[C@@H](NC(=O)c1ccccc1Cl)C(=O)N[C@H](C)c1cc(C)sc1C. The lowest BCUT2D eigenvalue weighted by Gasteiger charge is -2.21. The van der Waals surface area contributed by atoms with Crippen LogP contribution in [0.15, 0.2) is 30.3 Å². The molecule has 0 saturated carbocycles. The Hall–Kier alpha value is -1.50. The van der Waals surface area contributed by atoms with Gasteiger partial charge in [0.2, 0.25) is 5.91 Å². The Morgan fingerprint density at radius 1 is 1.22 bits per heavy atom. The van der Waals surface area contributed by atoms with Gasteiger partial charge in [0.05, 0.1) is 16.6 Å². The van der Waals surface area contributed by atoms with Gasteiger partial charge in [0, 0.05) is 9.75 Å². The highest BCUT2D eigenvalue weighted by Crippen LogP contribution is 2.26. The predicted octanol–water partition coefficient (Wildman–Crippen LogP) is 4.75. The summed E-state index contributed by atoms with van der Waals surface area (Å²) in [5, 5.41) is 6.25. The molecule has 0 spiro atoms. The molecule has 2 rings (SSSR count). The number of hydrogen-bond donors (Lipinski definition) is 2. The molecular weight excluding hydrogens is 400 g/mol. The van der Waals surface area contributed by atoms with Crippen molar-refractivity contribution in [3.05, 3.63) is 56.2 Å². The van der Waals surface area contributed by atoms with Crippen molar-refractivity contribution >= 4 is 46.5 Å². The van der Waals surface area contributed by atoms with Gasteiger partial charge in [-0.2, -0.15) is 11.8 Å². The fourth-order valence-electron chi connectivity index (χ4n) is 2.86. The molecule has 7 heteroatoms. The van der Waals surface area contributed by atoms with Gasteiger partial charge in [-0.05, 0) is 63.0 Å². The molecule has 27 heavy (non-hydrogen) atoms. The number of thiophene rings is 1. The minimum Gasteiger partial charge on any atom is -0.348 e. The van der Waals surface area contributed by atoms with E-state index in [4.69, 9.17) is 11.6 Å². The summed E-state index contributed by atoms with van der Waals surface area (Å²) in [6.07, 6.45) is 2.53. The van der Waals surface area contributed by atoms with Crippen LogP contribution in [0.5, 0.6) is 0 Å². The highest BCUT2D eigenvalue weighted by atomic mass is 35.5. The lowest BCUT2D eigenvalue weighted by molar-refractivity contribution is -0.123. The van der Waals surface area contributed by atoms with Gasteiger partial charge >= 0.3 is 0 Å². The van der Waals surface area contributed by atoms with Crippen molar-refractivity contribution in [3.8, 4) is 0 Å². The van der Waals surface area contributed by atoms with Gasteiger partial charge in [0.1, 0.15) is 6.04 Å². The normalized spacial score (nSPS) is 13.1. The summed E-state index contributed by atoms with van der Waals surface area (Å²) in [7, 11) is 0. The number of benzene rings is 1. The Kier molecular flexibility index (Phi) is 8.20. The molecule has 2 atom stereocenters. The molecule has 4 nitrogen and oxygen atoms in total. The predicted molar refractivity (Wildman–Crippen MR) is 116 cm³/mol. The van der Waals surface area contributed by atoms with Crippen LogP contribution in [0.2, 0.25) is 5.02 Å². The molecule has 0 fully saturated rings. The molecule has 2 amide bonds. The lowest BCUT2D eigenvalue weighted by Crippen LogP contribution is -2.47. The van der Waals surface area contributed by atoms with Crippen LogP contribution >= 0.6 is 34.7 Å². The van der Waals surface area contributed by atoms with E-state index in [1.807, 2.05) is 13.2 Å². The van der Waals surface area contributed by atoms with Gasteiger partial charge in [0.25, 0.3) is 5.91 Å². The summed E-state index contributed by atoms with van der Waals surface area (Å²) in [5.74, 6) is 0.253. The summed E-state index contributed by atoms with van der Waals surface area (Å²) >= 11 is 9.46. The fraction of sp³-hybridized carbons (Fsp3) is 0.400. The number of carbonyl (C=O) groups excluding carboxylic acids is 2. The Balaban J connectivity index is 2.10. The van der Waals surface area contributed by atoms with Gasteiger partial charge in [-0.1, -0.05) is 23.7 Å². The standard InChI is InChI=1S/C20H25ClN2O2S2/c1-12-11-16(14(3)27-12)13(2)22-20(25)18(9-10-26-4)23-19(24)15-7-5-6-8-17(15)21/h5-8,11,13,18H,9-10H2,1-4H3,(H,22,25)(H,23,24)/t13-,18-/m1/s1. The van der Waals surface area contributed by atoms with Crippen molar-refractivity contribution in [1.29, 1.82) is 0 Å². The third-order valence-electron chi connectivity index (χ3n) is 4.26. The first-order chi connectivity index (χ1) is 12.8. The summed E-state index contributed by atoms with van der Waals surface area (Å²) in [4.78, 5) is 27.8. The van der Waals surface area contributed by atoms with Crippen LogP contribution in [0, 0.1) is 13.8 Å². The Morgan fingerprint density at radius 3 is 2.52 bits per heavy atom. The van der Waals surface area contributed by atoms with Crippen LogP contribution < -0.4 is 10.6 Å². The average Bonchev–Trinajstić information content (AvgIpc) is 2.97. The van der Waals surface area contributed by atoms with E-state index in [0.717, 1.165) is 11.3 Å². The first-order valence-corrected chi connectivity index (χ1v) is 11.3. The molecule has 0 radical (unpaired) electrons. The van der Waals surface area contributed by atoms with Gasteiger partial charge < -0.3 is 10.6 Å². The molecular formula is C20H25ClN2O2S2. The third-order valence-corrected chi connectivity index (χ3v) is 6.21. The molecule has 0 unspecified atom stereocenters. The highest BCUT2D eigenvalue weighted by molar-refractivity contribution is 7.98. The number of hydrogen-bond acceptors (Lipinski definition) is 4. The zero-order valence-corrected chi connectivity index (χ0v) is 18.4. The number of thioether (sulfide) groups is 1. The van der Waals surface area contributed by atoms with Crippen molar-refractivity contribution in [1.82, 2.24) is 10.6 Å². The zero-order chi connectivity index (χ0) is 20.0. The van der Waals surface area contributed by atoms with Gasteiger partial charge in [-0.25, -0.2) is 0 Å². The Bertz CT molecular complexity index is 807. The van der Waals surface area contributed by atoms with Crippen LogP contribution in [0.25, 0.3) is 0 Å². The number of nitrogens with one attached hydrogen (secondary N) is 2. The highest BCUT2D eigenvalue weighted by Gasteiger charge is 2.24. The van der Waals surface area contributed by atoms with Crippen molar-refractivity contribution in [2.24, 2.45) is 0 Å². The summed E-state index contributed by atoms with van der Waals surface area (Å²) in [6, 6.07) is 8.22. The third kappa shape index (κ3) is 5.99. The van der Waals surface area contributed by atoms with E-state index < -0.39 is 6.04 Å². The van der Waals surface area contributed by atoms with Gasteiger partial charge in [-0.15, -0.1) is 11.3 Å². The van der Waals surface area contributed by atoms with Gasteiger partial charge in [-0.3, -0.25) is 9.59 Å². The van der Waals surface area contributed by atoms with Crippen molar-refractivity contribution in [2.75, 3.05) is 12.0 Å². The van der Waals surface area contributed by atoms with Crippen LogP contribution in [0.4, 0.5) is 0 Å². The minimum atomic E-state index is -0.608. The largest absolute Gasteiger partial charge is 0.348 e. The quantitative estimate of drug-likeness (QED) is 0.643. The number of rotatable bonds is 8. The number of aryl methyl sites for hydroxylation is 2. The molecule has 1 heterocycles. The van der Waals surface area contributed by atoms with Crippen LogP contribution in [0.1, 0.15) is 45.1 Å². The molecule has 0 aliphatic rings. The first kappa shape index (κ1) is 21.8. The van der Waals surface area contributed by atoms with Crippen molar-refractivity contribution in [2.45, 2.75) is 39.3 Å².